The Bertz CT molecular complexity index is 439. The molecule has 1 unspecified atom stereocenters. The molecule has 1 atom stereocenters. The van der Waals surface area contributed by atoms with Crippen LogP contribution in [0.1, 0.15) is 13.3 Å². The van der Waals surface area contributed by atoms with Gasteiger partial charge in [0.1, 0.15) is 17.5 Å². The summed E-state index contributed by atoms with van der Waals surface area (Å²) < 4.78 is 5.62. The number of nitrogens with one attached hydrogen (secondary N) is 1. The molecular formula is C14H20ClN3O2. The van der Waals surface area contributed by atoms with Gasteiger partial charge in [-0.25, -0.2) is 4.98 Å². The van der Waals surface area contributed by atoms with E-state index in [-0.39, 0.29) is 5.91 Å². The Morgan fingerprint density at radius 2 is 2.45 bits per heavy atom. The largest absolute Gasteiger partial charge is 0.491 e. The van der Waals surface area contributed by atoms with Crippen molar-refractivity contribution in [3.63, 3.8) is 0 Å². The maximum Gasteiger partial charge on any atom is 0.216 e. The van der Waals surface area contributed by atoms with Crippen LogP contribution >= 0.6 is 11.6 Å². The summed E-state index contributed by atoms with van der Waals surface area (Å²) in [4.78, 5) is 17.2. The molecule has 1 amide bonds. The van der Waals surface area contributed by atoms with Crippen LogP contribution in [-0.4, -0.2) is 48.6 Å². The molecule has 0 bridgehead atoms. The first-order valence-corrected chi connectivity index (χ1v) is 7.22. The summed E-state index contributed by atoms with van der Waals surface area (Å²) in [5.41, 5.74) is 0. The standard InChI is InChI=1S/C14H20ClN3O2/c1-11(19)16-8-12-4-5-18(10-12)6-7-20-13-2-3-14(15)17-9-13/h2-3,9,12H,4-8,10H2,1H3,(H,16,19). The predicted octanol–water partition coefficient (Wildman–Crippen LogP) is 1.57. The van der Waals surface area contributed by atoms with Crippen LogP contribution in [0.5, 0.6) is 5.75 Å². The zero-order valence-corrected chi connectivity index (χ0v) is 12.4. The van der Waals surface area contributed by atoms with E-state index >= 15 is 0 Å². The van der Waals surface area contributed by atoms with Crippen molar-refractivity contribution in [1.29, 1.82) is 0 Å². The van der Waals surface area contributed by atoms with Gasteiger partial charge in [-0.1, -0.05) is 11.6 Å². The van der Waals surface area contributed by atoms with E-state index in [2.05, 4.69) is 15.2 Å². The lowest BCUT2D eigenvalue weighted by Crippen LogP contribution is -2.30. The Morgan fingerprint density at radius 3 is 3.15 bits per heavy atom. The van der Waals surface area contributed by atoms with Gasteiger partial charge in [0, 0.05) is 26.6 Å². The summed E-state index contributed by atoms with van der Waals surface area (Å²) in [5.74, 6) is 1.33. The van der Waals surface area contributed by atoms with E-state index in [0.29, 0.717) is 17.7 Å². The fraction of sp³-hybridized carbons (Fsp3) is 0.571. The average molecular weight is 298 g/mol. The minimum absolute atomic E-state index is 0.0435. The summed E-state index contributed by atoms with van der Waals surface area (Å²) in [7, 11) is 0. The average Bonchev–Trinajstić information content (AvgIpc) is 2.87. The quantitative estimate of drug-likeness (QED) is 0.810. The van der Waals surface area contributed by atoms with Crippen molar-refractivity contribution in [2.24, 2.45) is 5.92 Å². The maximum atomic E-state index is 10.9. The van der Waals surface area contributed by atoms with Gasteiger partial charge in [-0.2, -0.15) is 0 Å². The molecular weight excluding hydrogens is 278 g/mol. The molecule has 0 aromatic carbocycles. The van der Waals surface area contributed by atoms with Gasteiger partial charge in [0.05, 0.1) is 6.20 Å². The molecule has 2 rings (SSSR count). The summed E-state index contributed by atoms with van der Waals surface area (Å²) in [6.07, 6.45) is 2.76. The van der Waals surface area contributed by atoms with E-state index in [1.54, 1.807) is 19.2 Å². The highest BCUT2D eigenvalue weighted by Crippen LogP contribution is 2.16. The van der Waals surface area contributed by atoms with Crippen LogP contribution in [-0.2, 0) is 4.79 Å². The van der Waals surface area contributed by atoms with E-state index in [1.807, 2.05) is 6.07 Å². The third kappa shape index (κ3) is 4.98. The highest BCUT2D eigenvalue weighted by atomic mass is 35.5. The Morgan fingerprint density at radius 1 is 1.60 bits per heavy atom. The number of rotatable bonds is 6. The molecule has 1 saturated heterocycles. The van der Waals surface area contributed by atoms with E-state index in [9.17, 15) is 4.79 Å². The molecule has 6 heteroatoms. The predicted molar refractivity (Wildman–Crippen MR) is 78.0 cm³/mol. The van der Waals surface area contributed by atoms with Crippen LogP contribution in [0.2, 0.25) is 5.15 Å². The van der Waals surface area contributed by atoms with E-state index < -0.39 is 0 Å². The SMILES string of the molecule is CC(=O)NCC1CCN(CCOc2ccc(Cl)nc2)C1. The number of pyridine rings is 1. The van der Waals surface area contributed by atoms with Crippen molar-refractivity contribution < 1.29 is 9.53 Å². The lowest BCUT2D eigenvalue weighted by Gasteiger charge is -2.16. The number of aromatic nitrogens is 1. The van der Waals surface area contributed by atoms with Gasteiger partial charge in [0.15, 0.2) is 0 Å². The molecule has 1 aliphatic heterocycles. The molecule has 0 saturated carbocycles. The summed E-state index contributed by atoms with van der Waals surface area (Å²) in [5, 5.41) is 3.35. The Kier molecular flexibility index (Phi) is 5.61. The lowest BCUT2D eigenvalue weighted by atomic mass is 10.1. The molecule has 0 radical (unpaired) electrons. The highest BCUT2D eigenvalue weighted by Gasteiger charge is 2.22. The Labute approximate surface area is 124 Å². The van der Waals surface area contributed by atoms with Crippen LogP contribution < -0.4 is 10.1 Å². The molecule has 1 fully saturated rings. The number of halogens is 1. The van der Waals surface area contributed by atoms with Gasteiger partial charge in [-0.3, -0.25) is 9.69 Å². The van der Waals surface area contributed by atoms with Crippen molar-refractivity contribution in [3.8, 4) is 5.75 Å². The normalized spacial score (nSPS) is 19.0. The molecule has 0 aliphatic carbocycles. The second-order valence-electron chi connectivity index (χ2n) is 5.06. The summed E-state index contributed by atoms with van der Waals surface area (Å²) in [6, 6.07) is 3.54. The molecule has 1 N–H and O–H groups in total. The molecule has 5 nitrogen and oxygen atoms in total. The number of likely N-dealkylation sites (tertiary alicyclic amines) is 1. The summed E-state index contributed by atoms with van der Waals surface area (Å²) >= 11 is 5.71. The lowest BCUT2D eigenvalue weighted by molar-refractivity contribution is -0.119. The van der Waals surface area contributed by atoms with Crippen molar-refractivity contribution >= 4 is 17.5 Å². The molecule has 110 valence electrons. The third-order valence-corrected chi connectivity index (χ3v) is 3.61. The first-order chi connectivity index (χ1) is 9.63. The molecule has 0 spiro atoms. The zero-order chi connectivity index (χ0) is 14.4. The highest BCUT2D eigenvalue weighted by molar-refractivity contribution is 6.29. The van der Waals surface area contributed by atoms with E-state index in [1.165, 1.54) is 0 Å². The van der Waals surface area contributed by atoms with Crippen molar-refractivity contribution in [1.82, 2.24) is 15.2 Å². The van der Waals surface area contributed by atoms with E-state index in [4.69, 9.17) is 16.3 Å². The van der Waals surface area contributed by atoms with Crippen molar-refractivity contribution in [2.45, 2.75) is 13.3 Å². The first kappa shape index (κ1) is 15.1. The van der Waals surface area contributed by atoms with E-state index in [0.717, 1.165) is 38.3 Å². The summed E-state index contributed by atoms with van der Waals surface area (Å²) in [6.45, 7) is 5.93. The number of amides is 1. The zero-order valence-electron chi connectivity index (χ0n) is 11.6. The second kappa shape index (κ2) is 7.45. The van der Waals surface area contributed by atoms with Crippen molar-refractivity contribution in [3.05, 3.63) is 23.5 Å². The van der Waals surface area contributed by atoms with Gasteiger partial charge in [-0.05, 0) is 31.0 Å². The molecule has 20 heavy (non-hydrogen) atoms. The Hall–Kier alpha value is -1.33. The molecule has 1 aromatic rings. The third-order valence-electron chi connectivity index (χ3n) is 3.39. The van der Waals surface area contributed by atoms with Crippen LogP contribution in [0.4, 0.5) is 0 Å². The van der Waals surface area contributed by atoms with Crippen LogP contribution in [0, 0.1) is 5.92 Å². The number of carbonyl (C=O) groups excluding carboxylic acids is 1. The van der Waals surface area contributed by atoms with Gasteiger partial charge in [0.25, 0.3) is 0 Å². The monoisotopic (exact) mass is 297 g/mol. The minimum atomic E-state index is 0.0435. The molecule has 1 aromatic heterocycles. The second-order valence-corrected chi connectivity index (χ2v) is 5.44. The first-order valence-electron chi connectivity index (χ1n) is 6.84. The Balaban J connectivity index is 1.63. The number of carbonyl (C=O) groups is 1. The number of nitrogens with zero attached hydrogens (tertiary/aromatic N) is 2. The van der Waals surface area contributed by atoms with Gasteiger partial charge < -0.3 is 10.1 Å². The number of ether oxygens (including phenoxy) is 1. The van der Waals surface area contributed by atoms with Gasteiger partial charge in [-0.15, -0.1) is 0 Å². The fourth-order valence-electron chi connectivity index (χ4n) is 2.31. The number of hydrogen-bond donors (Lipinski definition) is 1. The van der Waals surface area contributed by atoms with Gasteiger partial charge >= 0.3 is 0 Å². The topological polar surface area (TPSA) is 54.5 Å². The van der Waals surface area contributed by atoms with Crippen LogP contribution in [0.3, 0.4) is 0 Å². The molecule has 2 heterocycles. The van der Waals surface area contributed by atoms with Crippen molar-refractivity contribution in [2.75, 3.05) is 32.8 Å². The van der Waals surface area contributed by atoms with Gasteiger partial charge in [0.2, 0.25) is 5.91 Å². The number of hydrogen-bond acceptors (Lipinski definition) is 4. The molecule has 1 aliphatic rings. The maximum absolute atomic E-state index is 10.9. The minimum Gasteiger partial charge on any atom is -0.491 e. The fourth-order valence-corrected chi connectivity index (χ4v) is 2.42. The van der Waals surface area contributed by atoms with Crippen LogP contribution in [0.15, 0.2) is 18.3 Å². The smallest absolute Gasteiger partial charge is 0.216 e. The van der Waals surface area contributed by atoms with Crippen LogP contribution in [0.25, 0.3) is 0 Å².